The van der Waals surface area contributed by atoms with Crippen molar-refractivity contribution in [2.75, 3.05) is 31.2 Å². The maximum atomic E-state index is 12.5. The number of carbonyl (C=O) groups is 1. The van der Waals surface area contributed by atoms with Crippen LogP contribution in [0.2, 0.25) is 10.0 Å². The number of hydrogen-bond donors (Lipinski definition) is 1. The molecule has 1 aromatic heterocycles. The molecule has 4 aromatic rings. The van der Waals surface area contributed by atoms with Crippen LogP contribution in [0, 0.1) is 6.92 Å². The molecule has 2 heterocycles. The van der Waals surface area contributed by atoms with Gasteiger partial charge in [0.1, 0.15) is 5.60 Å². The first-order valence-corrected chi connectivity index (χ1v) is 15.0. The normalized spacial score (nSPS) is 18.3. The number of carboxylic acid groups (broad SMARTS) is 1. The van der Waals surface area contributed by atoms with Gasteiger partial charge in [0.25, 0.3) is 0 Å². The van der Waals surface area contributed by atoms with Gasteiger partial charge in [0, 0.05) is 34.3 Å². The van der Waals surface area contributed by atoms with Crippen LogP contribution in [0.5, 0.6) is 0 Å². The molecule has 3 aromatic carbocycles. The lowest BCUT2D eigenvalue weighted by molar-refractivity contribution is -0.151. The fourth-order valence-corrected chi connectivity index (χ4v) is 6.61. The van der Waals surface area contributed by atoms with Gasteiger partial charge in [-0.1, -0.05) is 72.1 Å². The molecule has 1 fully saturated rings. The average molecular weight is 600 g/mol. The lowest BCUT2D eigenvalue weighted by Crippen LogP contribution is -2.48. The first-order valence-electron chi connectivity index (χ1n) is 13.4. The Morgan fingerprint density at radius 2 is 1.85 bits per heavy atom. The number of benzene rings is 3. The van der Waals surface area contributed by atoms with Crippen LogP contribution in [0.25, 0.3) is 21.3 Å². The van der Waals surface area contributed by atoms with Crippen molar-refractivity contribution < 1.29 is 19.4 Å². The largest absolute Gasteiger partial charge is 0.479 e. The number of halogens is 2. The third kappa shape index (κ3) is 5.85. The summed E-state index contributed by atoms with van der Waals surface area (Å²) in [6.45, 7) is 8.31. The van der Waals surface area contributed by atoms with Crippen molar-refractivity contribution in [3.8, 4) is 11.1 Å². The van der Waals surface area contributed by atoms with Crippen LogP contribution in [0.4, 0.5) is 5.13 Å². The number of morpholine rings is 1. The summed E-state index contributed by atoms with van der Waals surface area (Å²) < 4.78 is 13.2. The monoisotopic (exact) mass is 598 g/mol. The predicted molar refractivity (Wildman–Crippen MR) is 163 cm³/mol. The number of anilines is 1. The highest BCUT2D eigenvalue weighted by atomic mass is 35.5. The molecule has 1 aliphatic rings. The molecule has 0 spiro atoms. The third-order valence-electron chi connectivity index (χ3n) is 7.32. The van der Waals surface area contributed by atoms with Crippen molar-refractivity contribution in [1.29, 1.82) is 0 Å². The van der Waals surface area contributed by atoms with Crippen LogP contribution in [0.3, 0.4) is 0 Å². The number of rotatable bonds is 9. The standard InChI is InChI=1S/C31H32Cl2N2O4S/c1-4-5-15-38-27(29(36)37)25-19(2)17-24-28(26(25)20-6-10-22(32)11-7-20)40-30(34-24)35-14-16-39-31(3,18-35)21-8-12-23(33)13-9-21/h6-13,17,27H,4-5,14-16,18H2,1-3H3,(H,36,37). The Morgan fingerprint density at radius 3 is 2.50 bits per heavy atom. The molecule has 0 amide bonds. The smallest absolute Gasteiger partial charge is 0.337 e. The lowest BCUT2D eigenvalue weighted by atomic mass is 9.91. The Labute approximate surface area is 248 Å². The molecule has 1 saturated heterocycles. The quantitative estimate of drug-likeness (QED) is 0.195. The first-order chi connectivity index (χ1) is 19.2. The molecule has 6 nitrogen and oxygen atoms in total. The van der Waals surface area contributed by atoms with Crippen LogP contribution in [-0.4, -0.2) is 42.4 Å². The number of aryl methyl sites for hydroxylation is 1. The number of nitrogens with zero attached hydrogens (tertiary/aromatic N) is 2. The van der Waals surface area contributed by atoms with Gasteiger partial charge in [-0.2, -0.15) is 0 Å². The Morgan fingerprint density at radius 1 is 1.18 bits per heavy atom. The summed E-state index contributed by atoms with van der Waals surface area (Å²) in [7, 11) is 0. The Hall–Kier alpha value is -2.68. The zero-order valence-electron chi connectivity index (χ0n) is 22.7. The van der Waals surface area contributed by atoms with E-state index in [0.717, 1.165) is 50.4 Å². The lowest BCUT2D eigenvalue weighted by Gasteiger charge is -2.40. The van der Waals surface area contributed by atoms with E-state index in [-0.39, 0.29) is 0 Å². The topological polar surface area (TPSA) is 71.9 Å². The zero-order valence-corrected chi connectivity index (χ0v) is 25.1. The second-order valence-corrected chi connectivity index (χ2v) is 12.1. The minimum Gasteiger partial charge on any atom is -0.479 e. The van der Waals surface area contributed by atoms with Crippen molar-refractivity contribution >= 4 is 55.9 Å². The van der Waals surface area contributed by atoms with Crippen LogP contribution in [-0.2, 0) is 19.9 Å². The molecule has 0 aliphatic carbocycles. The molecule has 2 unspecified atom stereocenters. The maximum absolute atomic E-state index is 12.5. The highest BCUT2D eigenvalue weighted by molar-refractivity contribution is 7.22. The van der Waals surface area contributed by atoms with Gasteiger partial charge in [0.15, 0.2) is 11.2 Å². The minimum absolute atomic E-state index is 0.371. The van der Waals surface area contributed by atoms with E-state index in [1.807, 2.05) is 61.5 Å². The minimum atomic E-state index is -1.09. The molecular formula is C31H32Cl2N2O4S. The molecule has 40 heavy (non-hydrogen) atoms. The number of fused-ring (bicyclic) bond motifs is 1. The van der Waals surface area contributed by atoms with E-state index in [1.165, 1.54) is 0 Å². The number of unbranched alkanes of at least 4 members (excludes halogenated alkanes) is 1. The fraction of sp³-hybridized carbons (Fsp3) is 0.355. The average Bonchev–Trinajstić information content (AvgIpc) is 3.35. The fourth-order valence-electron chi connectivity index (χ4n) is 5.21. The van der Waals surface area contributed by atoms with Crippen molar-refractivity contribution in [2.45, 2.75) is 45.3 Å². The molecule has 9 heteroatoms. The Balaban J connectivity index is 1.61. The van der Waals surface area contributed by atoms with Crippen molar-refractivity contribution in [3.63, 3.8) is 0 Å². The number of ether oxygens (including phenoxy) is 2. The summed E-state index contributed by atoms with van der Waals surface area (Å²) in [6, 6.07) is 17.2. The van der Waals surface area contributed by atoms with Gasteiger partial charge in [-0.05, 0) is 67.3 Å². The van der Waals surface area contributed by atoms with E-state index in [4.69, 9.17) is 37.7 Å². The maximum Gasteiger partial charge on any atom is 0.337 e. The highest BCUT2D eigenvalue weighted by Gasteiger charge is 2.36. The Kier molecular flexibility index (Phi) is 8.69. The Bertz CT molecular complexity index is 1510. The number of carboxylic acids is 1. The van der Waals surface area contributed by atoms with Crippen molar-refractivity contribution in [3.05, 3.63) is 81.3 Å². The van der Waals surface area contributed by atoms with Gasteiger partial charge in [-0.25, -0.2) is 9.78 Å². The number of aliphatic carboxylic acids is 1. The van der Waals surface area contributed by atoms with Crippen molar-refractivity contribution in [2.24, 2.45) is 0 Å². The van der Waals surface area contributed by atoms with Crippen LogP contribution in [0.15, 0.2) is 54.6 Å². The summed E-state index contributed by atoms with van der Waals surface area (Å²) in [5.74, 6) is -1.01. The molecule has 210 valence electrons. The SMILES string of the molecule is CCCCOC(C(=O)O)c1c(C)cc2nc(N3CCOC(C)(c4ccc(Cl)cc4)C3)sc2c1-c1ccc(Cl)cc1. The number of aromatic nitrogens is 1. The summed E-state index contributed by atoms with van der Waals surface area (Å²) in [4.78, 5) is 19.8. The van der Waals surface area contributed by atoms with E-state index >= 15 is 0 Å². The summed E-state index contributed by atoms with van der Waals surface area (Å²) >= 11 is 13.9. The summed E-state index contributed by atoms with van der Waals surface area (Å²) in [6.07, 6.45) is 0.611. The van der Waals surface area contributed by atoms with Crippen LogP contribution >= 0.6 is 34.5 Å². The van der Waals surface area contributed by atoms with E-state index in [9.17, 15) is 9.90 Å². The second-order valence-electron chi connectivity index (χ2n) is 10.3. The predicted octanol–water partition coefficient (Wildman–Crippen LogP) is 8.27. The second kappa shape index (κ2) is 12.0. The van der Waals surface area contributed by atoms with E-state index in [0.29, 0.717) is 41.9 Å². The molecule has 0 saturated carbocycles. The van der Waals surface area contributed by atoms with E-state index in [1.54, 1.807) is 11.3 Å². The first kappa shape index (κ1) is 28.8. The number of thiazole rings is 1. The van der Waals surface area contributed by atoms with Crippen LogP contribution < -0.4 is 4.90 Å². The molecular weight excluding hydrogens is 567 g/mol. The van der Waals surface area contributed by atoms with Gasteiger partial charge in [-0.15, -0.1) is 0 Å². The summed E-state index contributed by atoms with van der Waals surface area (Å²) in [5.41, 5.74) is 4.53. The van der Waals surface area contributed by atoms with Gasteiger partial charge < -0.3 is 19.5 Å². The summed E-state index contributed by atoms with van der Waals surface area (Å²) in [5, 5.41) is 12.4. The molecule has 5 rings (SSSR count). The molecule has 0 bridgehead atoms. The van der Waals surface area contributed by atoms with Gasteiger partial charge in [-0.3, -0.25) is 0 Å². The number of hydrogen-bond acceptors (Lipinski definition) is 6. The highest BCUT2D eigenvalue weighted by Crippen LogP contribution is 2.44. The molecule has 1 N–H and O–H groups in total. The molecule has 1 aliphatic heterocycles. The zero-order chi connectivity index (χ0) is 28.4. The van der Waals surface area contributed by atoms with Gasteiger partial charge >= 0.3 is 5.97 Å². The van der Waals surface area contributed by atoms with Crippen molar-refractivity contribution in [1.82, 2.24) is 4.98 Å². The van der Waals surface area contributed by atoms with Crippen LogP contribution in [0.1, 0.15) is 49.5 Å². The van der Waals surface area contributed by atoms with E-state index in [2.05, 4.69) is 18.7 Å². The van der Waals surface area contributed by atoms with Gasteiger partial charge in [0.05, 0.1) is 23.4 Å². The molecule has 2 atom stereocenters. The van der Waals surface area contributed by atoms with Gasteiger partial charge in [0.2, 0.25) is 0 Å². The third-order valence-corrected chi connectivity index (χ3v) is 8.97. The van der Waals surface area contributed by atoms with E-state index < -0.39 is 17.7 Å². The molecule has 0 radical (unpaired) electrons.